The summed E-state index contributed by atoms with van der Waals surface area (Å²) in [7, 11) is 0. The van der Waals surface area contributed by atoms with Gasteiger partial charge in [0.05, 0.1) is 26.9 Å². The predicted octanol–water partition coefficient (Wildman–Crippen LogP) is 15.7. The third kappa shape index (κ3) is 5.31. The summed E-state index contributed by atoms with van der Waals surface area (Å²) in [5.41, 5.74) is 13.8. The van der Waals surface area contributed by atoms with Crippen LogP contribution in [0.15, 0.2) is 205 Å². The first kappa shape index (κ1) is 34.0. The van der Waals surface area contributed by atoms with E-state index < -0.39 is 0 Å². The highest BCUT2D eigenvalue weighted by atomic mass is 32.1. The minimum absolute atomic E-state index is 0.681. The van der Waals surface area contributed by atoms with Crippen LogP contribution in [0.3, 0.4) is 0 Å². The van der Waals surface area contributed by atoms with Gasteiger partial charge >= 0.3 is 0 Å². The van der Waals surface area contributed by atoms with Crippen molar-refractivity contribution < 1.29 is 4.42 Å². The maximum atomic E-state index is 6.75. The van der Waals surface area contributed by atoms with Crippen LogP contribution >= 0.6 is 11.3 Å². The Bertz CT molecular complexity index is 3860. The van der Waals surface area contributed by atoms with Gasteiger partial charge in [-0.05, 0) is 87.6 Å². The Labute approximate surface area is 354 Å². The summed E-state index contributed by atoms with van der Waals surface area (Å²) >= 11 is 1.75. The summed E-state index contributed by atoms with van der Waals surface area (Å²) in [6, 6.07) is 71.3. The minimum atomic E-state index is 0.681. The van der Waals surface area contributed by atoms with E-state index in [1.54, 1.807) is 11.3 Å². The lowest BCUT2D eigenvalue weighted by atomic mass is 9.96. The van der Waals surface area contributed by atoms with Gasteiger partial charge in [-0.3, -0.25) is 0 Å². The lowest BCUT2D eigenvalue weighted by Gasteiger charge is -2.11. The Morgan fingerprint density at radius 3 is 1.84 bits per heavy atom. The summed E-state index contributed by atoms with van der Waals surface area (Å²) in [6.45, 7) is 0. The molecule has 0 N–H and O–H groups in total. The molecule has 13 aromatic rings. The Kier molecular flexibility index (Phi) is 7.44. The number of hydrogen-bond acceptors (Lipinski definition) is 4. The van der Waals surface area contributed by atoms with Crippen molar-refractivity contribution in [3.8, 4) is 50.6 Å². The van der Waals surface area contributed by atoms with Crippen LogP contribution in [0.5, 0.6) is 0 Å². The number of benzene rings is 9. The first-order valence-electron chi connectivity index (χ1n) is 20.6. The first-order valence-corrected chi connectivity index (χ1v) is 21.4. The van der Waals surface area contributed by atoms with Crippen molar-refractivity contribution in [2.45, 2.75) is 0 Å². The zero-order valence-electron chi connectivity index (χ0n) is 32.7. The number of rotatable bonds is 5. The van der Waals surface area contributed by atoms with Gasteiger partial charge < -0.3 is 8.98 Å². The van der Waals surface area contributed by atoms with Gasteiger partial charge in [0, 0.05) is 48.4 Å². The second kappa shape index (κ2) is 13.3. The molecule has 284 valence electrons. The van der Waals surface area contributed by atoms with E-state index in [-0.39, 0.29) is 0 Å². The van der Waals surface area contributed by atoms with Crippen LogP contribution in [0.4, 0.5) is 0 Å². The second-order valence-corrected chi connectivity index (χ2v) is 16.7. The lowest BCUT2D eigenvalue weighted by Crippen LogP contribution is -1.95. The topological polar surface area (TPSA) is 43.9 Å². The molecule has 0 spiro atoms. The molecule has 0 bridgehead atoms. The third-order valence-electron chi connectivity index (χ3n) is 12.2. The predicted molar refractivity (Wildman–Crippen MR) is 256 cm³/mol. The standard InChI is InChI=1S/C56H33N3OS/c1-3-13-34(14-4-1)35-23-25-36(26-24-35)53-55-54(43-20-10-12-22-51(43)61-55)58-56(57-53)45-33-50-52(42-19-8-7-17-40(42)45)46-32-38(28-30-49(46)60-50)37-27-29-48-44(31-37)41-18-9-11-21-47(41)59(48)39-15-5-2-6-16-39/h1-33H. The molecule has 0 aliphatic heterocycles. The molecule has 4 nitrogen and oxygen atoms in total. The molecule has 0 saturated heterocycles. The zero-order valence-corrected chi connectivity index (χ0v) is 33.5. The summed E-state index contributed by atoms with van der Waals surface area (Å²) in [6.07, 6.45) is 0. The number of nitrogens with zero attached hydrogens (tertiary/aromatic N) is 3. The van der Waals surface area contributed by atoms with Crippen LogP contribution in [0, 0.1) is 0 Å². The van der Waals surface area contributed by atoms with E-state index in [4.69, 9.17) is 14.4 Å². The average Bonchev–Trinajstić information content (AvgIpc) is 4.01. The number of hydrogen-bond donors (Lipinski definition) is 0. The molecule has 5 heteroatoms. The molecule has 0 fully saturated rings. The average molecular weight is 796 g/mol. The van der Waals surface area contributed by atoms with E-state index in [1.165, 1.54) is 37.6 Å². The van der Waals surface area contributed by atoms with Crippen LogP contribution in [-0.4, -0.2) is 14.5 Å². The van der Waals surface area contributed by atoms with E-state index in [0.717, 1.165) is 81.9 Å². The SMILES string of the molecule is c1ccc(-c2ccc(-c3nc(-c4cc5oc6ccc(-c7ccc8c(c7)c7ccccc7n8-c7ccccc7)cc6c5c5ccccc45)nc4c3sc3ccccc34)cc2)cc1. The van der Waals surface area contributed by atoms with Gasteiger partial charge in [0.1, 0.15) is 11.2 Å². The molecule has 13 rings (SSSR count). The molecule has 9 aromatic carbocycles. The molecule has 0 unspecified atom stereocenters. The third-order valence-corrected chi connectivity index (χ3v) is 13.4. The fourth-order valence-corrected chi connectivity index (χ4v) is 10.5. The van der Waals surface area contributed by atoms with Crippen LogP contribution in [0.25, 0.3) is 125 Å². The molecule has 0 amide bonds. The fraction of sp³-hybridized carbons (Fsp3) is 0. The Morgan fingerprint density at radius 2 is 1.02 bits per heavy atom. The van der Waals surface area contributed by atoms with Gasteiger partial charge in [0.25, 0.3) is 0 Å². The van der Waals surface area contributed by atoms with Crippen molar-refractivity contribution in [1.29, 1.82) is 0 Å². The van der Waals surface area contributed by atoms with Crippen molar-refractivity contribution in [3.63, 3.8) is 0 Å². The Morgan fingerprint density at radius 1 is 0.410 bits per heavy atom. The number of fused-ring (bicyclic) bond motifs is 11. The number of para-hydroxylation sites is 2. The highest BCUT2D eigenvalue weighted by Crippen LogP contribution is 2.44. The van der Waals surface area contributed by atoms with Gasteiger partial charge in [-0.25, -0.2) is 9.97 Å². The van der Waals surface area contributed by atoms with Gasteiger partial charge in [-0.2, -0.15) is 0 Å². The number of furan rings is 1. The lowest BCUT2D eigenvalue weighted by molar-refractivity contribution is 0.669. The van der Waals surface area contributed by atoms with Crippen LogP contribution in [0.1, 0.15) is 0 Å². The molecule has 0 aliphatic rings. The summed E-state index contributed by atoms with van der Waals surface area (Å²) in [5.74, 6) is 0.681. The van der Waals surface area contributed by atoms with Crippen molar-refractivity contribution >= 4 is 86.2 Å². The van der Waals surface area contributed by atoms with Crippen molar-refractivity contribution in [2.75, 3.05) is 0 Å². The molecule has 0 radical (unpaired) electrons. The van der Waals surface area contributed by atoms with Gasteiger partial charge in [0.15, 0.2) is 5.82 Å². The highest BCUT2D eigenvalue weighted by molar-refractivity contribution is 7.26. The number of thiophene rings is 1. The van der Waals surface area contributed by atoms with Crippen LogP contribution in [0.2, 0.25) is 0 Å². The molecule has 4 heterocycles. The maximum absolute atomic E-state index is 6.75. The van der Waals surface area contributed by atoms with E-state index in [0.29, 0.717) is 5.82 Å². The first-order chi connectivity index (χ1) is 30.2. The van der Waals surface area contributed by atoms with E-state index in [2.05, 4.69) is 205 Å². The Balaban J connectivity index is 0.986. The molecule has 0 saturated carbocycles. The summed E-state index contributed by atoms with van der Waals surface area (Å²) in [4.78, 5) is 10.8. The normalized spacial score (nSPS) is 11.9. The van der Waals surface area contributed by atoms with Crippen molar-refractivity contribution in [3.05, 3.63) is 200 Å². The highest BCUT2D eigenvalue weighted by Gasteiger charge is 2.21. The van der Waals surface area contributed by atoms with Crippen molar-refractivity contribution in [1.82, 2.24) is 14.5 Å². The maximum Gasteiger partial charge on any atom is 0.161 e. The second-order valence-electron chi connectivity index (χ2n) is 15.7. The van der Waals surface area contributed by atoms with E-state index in [1.807, 2.05) is 0 Å². The van der Waals surface area contributed by atoms with Crippen LogP contribution < -0.4 is 0 Å². The van der Waals surface area contributed by atoms with Gasteiger partial charge in [-0.1, -0.05) is 146 Å². The van der Waals surface area contributed by atoms with Crippen molar-refractivity contribution in [2.24, 2.45) is 0 Å². The zero-order chi connectivity index (χ0) is 40.0. The molecular formula is C56H33N3OS. The molecule has 0 aliphatic carbocycles. The number of aromatic nitrogens is 3. The smallest absolute Gasteiger partial charge is 0.161 e. The summed E-state index contributed by atoms with van der Waals surface area (Å²) in [5, 5.41) is 7.98. The molecule has 4 aromatic heterocycles. The minimum Gasteiger partial charge on any atom is -0.456 e. The molecule has 0 atom stereocenters. The van der Waals surface area contributed by atoms with Crippen LogP contribution in [-0.2, 0) is 0 Å². The largest absolute Gasteiger partial charge is 0.456 e. The molecular weight excluding hydrogens is 763 g/mol. The monoisotopic (exact) mass is 795 g/mol. The van der Waals surface area contributed by atoms with E-state index in [9.17, 15) is 0 Å². The quantitative estimate of drug-likeness (QED) is 0.174. The fourth-order valence-electron chi connectivity index (χ4n) is 9.37. The van der Waals surface area contributed by atoms with Gasteiger partial charge in [0.2, 0.25) is 0 Å². The molecule has 61 heavy (non-hydrogen) atoms. The van der Waals surface area contributed by atoms with Gasteiger partial charge in [-0.15, -0.1) is 11.3 Å². The van der Waals surface area contributed by atoms with E-state index >= 15 is 0 Å². The summed E-state index contributed by atoms with van der Waals surface area (Å²) < 4.78 is 11.4. The Hall–Kier alpha value is -7.86.